The Morgan fingerprint density at radius 3 is 2.57 bits per heavy atom. The average molecular weight is 437 g/mol. The molecule has 0 radical (unpaired) electrons. The standard InChI is InChI=1S/C20H28N4O5S/c1-14-17(15(2)23(3)22-14)6-8-20(25)21-16-5-7-18(28-4)19(13-16)30(26,27)24-9-11-29-12-10-24/h5,7,13H,6,8-12H2,1-4H3,(H,21,25). The number of benzene rings is 1. The van der Waals surface area contributed by atoms with Crippen LogP contribution in [0, 0.1) is 13.8 Å². The van der Waals surface area contributed by atoms with E-state index in [9.17, 15) is 13.2 Å². The van der Waals surface area contributed by atoms with Crippen molar-refractivity contribution in [3.8, 4) is 5.75 Å². The molecule has 9 nitrogen and oxygen atoms in total. The van der Waals surface area contributed by atoms with Crippen molar-refractivity contribution in [3.63, 3.8) is 0 Å². The smallest absolute Gasteiger partial charge is 0.246 e. The fraction of sp³-hybridized carbons (Fsp3) is 0.500. The number of nitrogens with one attached hydrogen (secondary N) is 1. The molecular weight excluding hydrogens is 408 g/mol. The quantitative estimate of drug-likeness (QED) is 0.708. The van der Waals surface area contributed by atoms with Gasteiger partial charge in [0.2, 0.25) is 15.9 Å². The Bertz CT molecular complexity index is 1030. The summed E-state index contributed by atoms with van der Waals surface area (Å²) in [6, 6.07) is 4.64. The third-order valence-electron chi connectivity index (χ3n) is 5.30. The first-order chi connectivity index (χ1) is 14.2. The van der Waals surface area contributed by atoms with Crippen LogP contribution in [0.1, 0.15) is 23.4 Å². The minimum absolute atomic E-state index is 0.0312. The Balaban J connectivity index is 1.75. The lowest BCUT2D eigenvalue weighted by molar-refractivity contribution is -0.116. The van der Waals surface area contributed by atoms with Crippen molar-refractivity contribution in [2.24, 2.45) is 7.05 Å². The number of sulfonamides is 1. The molecular formula is C20H28N4O5S. The van der Waals surface area contributed by atoms with Gasteiger partial charge in [0.25, 0.3) is 0 Å². The van der Waals surface area contributed by atoms with E-state index in [0.717, 1.165) is 17.0 Å². The number of carbonyl (C=O) groups excluding carboxylic acids is 1. The molecule has 164 valence electrons. The molecule has 1 aromatic carbocycles. The Labute approximate surface area is 177 Å². The highest BCUT2D eigenvalue weighted by Crippen LogP contribution is 2.30. The summed E-state index contributed by atoms with van der Waals surface area (Å²) in [5, 5.41) is 7.16. The topological polar surface area (TPSA) is 103 Å². The van der Waals surface area contributed by atoms with Gasteiger partial charge < -0.3 is 14.8 Å². The first-order valence-electron chi connectivity index (χ1n) is 9.79. The number of hydrogen-bond acceptors (Lipinski definition) is 6. The van der Waals surface area contributed by atoms with E-state index < -0.39 is 10.0 Å². The van der Waals surface area contributed by atoms with E-state index in [4.69, 9.17) is 9.47 Å². The third-order valence-corrected chi connectivity index (χ3v) is 7.22. The van der Waals surface area contributed by atoms with E-state index in [2.05, 4.69) is 10.4 Å². The first kappa shape index (κ1) is 22.3. The van der Waals surface area contributed by atoms with E-state index in [1.165, 1.54) is 17.5 Å². The van der Waals surface area contributed by atoms with Crippen LogP contribution in [0.3, 0.4) is 0 Å². The van der Waals surface area contributed by atoms with Gasteiger partial charge in [-0.25, -0.2) is 8.42 Å². The van der Waals surface area contributed by atoms with Crippen LogP contribution in [0.15, 0.2) is 23.1 Å². The maximum Gasteiger partial charge on any atom is 0.246 e. The monoisotopic (exact) mass is 436 g/mol. The molecule has 0 bridgehead atoms. The van der Waals surface area contributed by atoms with E-state index in [-0.39, 0.29) is 36.1 Å². The number of methoxy groups -OCH3 is 1. The van der Waals surface area contributed by atoms with Crippen molar-refractivity contribution >= 4 is 21.6 Å². The Morgan fingerprint density at radius 1 is 1.27 bits per heavy atom. The minimum atomic E-state index is -3.76. The molecule has 3 rings (SSSR count). The summed E-state index contributed by atoms with van der Waals surface area (Å²) >= 11 is 0. The molecule has 1 aromatic heterocycles. The highest BCUT2D eigenvalue weighted by Gasteiger charge is 2.29. The molecule has 1 aliphatic heterocycles. The maximum absolute atomic E-state index is 13.1. The van der Waals surface area contributed by atoms with Crippen LogP contribution in [0.2, 0.25) is 0 Å². The molecule has 0 atom stereocenters. The van der Waals surface area contributed by atoms with Crippen LogP contribution < -0.4 is 10.1 Å². The number of amides is 1. The number of rotatable bonds is 7. The second kappa shape index (κ2) is 9.15. The predicted molar refractivity (Wildman–Crippen MR) is 112 cm³/mol. The number of ether oxygens (including phenoxy) is 2. The van der Waals surface area contributed by atoms with E-state index in [1.54, 1.807) is 16.8 Å². The molecule has 1 N–H and O–H groups in total. The summed E-state index contributed by atoms with van der Waals surface area (Å²) in [6.45, 7) is 5.17. The van der Waals surface area contributed by atoms with Gasteiger partial charge in [-0.1, -0.05) is 0 Å². The number of aryl methyl sites for hydroxylation is 2. The molecule has 30 heavy (non-hydrogen) atoms. The Kier molecular flexibility index (Phi) is 6.79. The Hall–Kier alpha value is -2.43. The van der Waals surface area contributed by atoms with Gasteiger partial charge in [-0.2, -0.15) is 9.40 Å². The van der Waals surface area contributed by atoms with Crippen molar-refractivity contribution < 1.29 is 22.7 Å². The maximum atomic E-state index is 13.1. The van der Waals surface area contributed by atoms with Crippen LogP contribution in [-0.4, -0.2) is 61.8 Å². The second-order valence-electron chi connectivity index (χ2n) is 7.20. The molecule has 0 aliphatic carbocycles. The van der Waals surface area contributed by atoms with Gasteiger partial charge in [-0.15, -0.1) is 0 Å². The summed E-state index contributed by atoms with van der Waals surface area (Å²) in [7, 11) is -0.465. The molecule has 1 aliphatic rings. The van der Waals surface area contributed by atoms with E-state index >= 15 is 0 Å². The largest absolute Gasteiger partial charge is 0.495 e. The van der Waals surface area contributed by atoms with Gasteiger partial charge in [0.05, 0.1) is 26.0 Å². The molecule has 1 amide bonds. The lowest BCUT2D eigenvalue weighted by Crippen LogP contribution is -2.40. The zero-order valence-electron chi connectivity index (χ0n) is 17.8. The van der Waals surface area contributed by atoms with Crippen molar-refractivity contribution in [2.45, 2.75) is 31.6 Å². The fourth-order valence-electron chi connectivity index (χ4n) is 3.52. The number of nitrogens with zero attached hydrogens (tertiary/aromatic N) is 3. The predicted octanol–water partition coefficient (Wildman–Crippen LogP) is 1.64. The second-order valence-corrected chi connectivity index (χ2v) is 9.11. The van der Waals surface area contributed by atoms with Gasteiger partial charge in [-0.3, -0.25) is 9.48 Å². The lowest BCUT2D eigenvalue weighted by Gasteiger charge is -2.26. The van der Waals surface area contributed by atoms with Crippen LogP contribution in [0.4, 0.5) is 5.69 Å². The van der Waals surface area contributed by atoms with Gasteiger partial charge in [-0.05, 0) is 44.0 Å². The van der Waals surface area contributed by atoms with E-state index in [0.29, 0.717) is 25.3 Å². The molecule has 0 spiro atoms. The summed E-state index contributed by atoms with van der Waals surface area (Å²) in [5.74, 6) is 0.0404. The number of aromatic nitrogens is 2. The SMILES string of the molecule is COc1ccc(NC(=O)CCc2c(C)nn(C)c2C)cc1S(=O)(=O)N1CCOCC1. The van der Waals surface area contributed by atoms with E-state index in [1.807, 2.05) is 20.9 Å². The van der Waals surface area contributed by atoms with Crippen LogP contribution >= 0.6 is 0 Å². The number of anilines is 1. The summed E-state index contributed by atoms with van der Waals surface area (Å²) in [4.78, 5) is 12.5. The molecule has 0 unspecified atom stereocenters. The van der Waals surface area contributed by atoms with Crippen LogP contribution in [0.25, 0.3) is 0 Å². The third kappa shape index (κ3) is 4.66. The molecule has 1 saturated heterocycles. The van der Waals surface area contributed by atoms with Crippen molar-refractivity contribution in [2.75, 3.05) is 38.7 Å². The van der Waals surface area contributed by atoms with Gasteiger partial charge in [0.1, 0.15) is 10.6 Å². The highest BCUT2D eigenvalue weighted by molar-refractivity contribution is 7.89. The number of carbonyl (C=O) groups is 1. The molecule has 1 fully saturated rings. The van der Waals surface area contributed by atoms with Crippen LogP contribution in [0.5, 0.6) is 5.75 Å². The van der Waals surface area contributed by atoms with Gasteiger partial charge in [0.15, 0.2) is 0 Å². The first-order valence-corrected chi connectivity index (χ1v) is 11.2. The number of hydrogen-bond donors (Lipinski definition) is 1. The van der Waals surface area contributed by atoms with Gasteiger partial charge in [0, 0.05) is 37.9 Å². The summed E-state index contributed by atoms with van der Waals surface area (Å²) < 4.78 is 39.8. The number of morpholine rings is 1. The Morgan fingerprint density at radius 2 is 1.97 bits per heavy atom. The lowest BCUT2D eigenvalue weighted by atomic mass is 10.1. The van der Waals surface area contributed by atoms with Crippen molar-refractivity contribution in [1.82, 2.24) is 14.1 Å². The molecule has 10 heteroatoms. The average Bonchev–Trinajstić information content (AvgIpc) is 2.98. The normalized spacial score (nSPS) is 15.2. The molecule has 2 heterocycles. The van der Waals surface area contributed by atoms with Crippen molar-refractivity contribution in [3.05, 3.63) is 35.2 Å². The molecule has 2 aromatic rings. The zero-order chi connectivity index (χ0) is 21.9. The zero-order valence-corrected chi connectivity index (χ0v) is 18.6. The highest BCUT2D eigenvalue weighted by atomic mass is 32.2. The van der Waals surface area contributed by atoms with Crippen LogP contribution in [-0.2, 0) is 33.0 Å². The van der Waals surface area contributed by atoms with Gasteiger partial charge >= 0.3 is 0 Å². The molecule has 0 saturated carbocycles. The summed E-state index contributed by atoms with van der Waals surface area (Å²) in [5.41, 5.74) is 3.40. The fourth-order valence-corrected chi connectivity index (χ4v) is 5.11. The minimum Gasteiger partial charge on any atom is -0.495 e. The van der Waals surface area contributed by atoms with Crippen molar-refractivity contribution in [1.29, 1.82) is 0 Å². The summed E-state index contributed by atoms with van der Waals surface area (Å²) in [6.07, 6.45) is 0.831.